The fourth-order valence-corrected chi connectivity index (χ4v) is 2.74. The maximum Gasteiger partial charge on any atom is 0.129 e. The van der Waals surface area contributed by atoms with Gasteiger partial charge in [-0.25, -0.2) is 4.98 Å². The van der Waals surface area contributed by atoms with Crippen LogP contribution in [0.4, 0.5) is 0 Å². The molecule has 2 rings (SSSR count). The first kappa shape index (κ1) is 11.9. The van der Waals surface area contributed by atoms with E-state index in [2.05, 4.69) is 22.9 Å². The fraction of sp³-hybridized carbons (Fsp3) is 0.615. The molecule has 1 aliphatic rings. The summed E-state index contributed by atoms with van der Waals surface area (Å²) in [5.74, 6) is 0. The van der Waals surface area contributed by atoms with E-state index in [0.717, 1.165) is 19.1 Å². The van der Waals surface area contributed by atoms with Crippen molar-refractivity contribution in [3.05, 3.63) is 29.0 Å². The molecule has 0 aromatic carbocycles. The van der Waals surface area contributed by atoms with Crippen LogP contribution >= 0.6 is 11.6 Å². The van der Waals surface area contributed by atoms with Crippen LogP contribution in [0.25, 0.3) is 0 Å². The highest BCUT2D eigenvalue weighted by Gasteiger charge is 2.21. The fourth-order valence-electron chi connectivity index (χ4n) is 2.54. The lowest BCUT2D eigenvalue weighted by molar-refractivity contribution is 0.200. The van der Waals surface area contributed by atoms with Crippen LogP contribution in [0, 0.1) is 0 Å². The zero-order valence-electron chi connectivity index (χ0n) is 9.82. The van der Waals surface area contributed by atoms with Crippen molar-refractivity contribution in [3.63, 3.8) is 0 Å². The minimum absolute atomic E-state index is 0.597. The zero-order chi connectivity index (χ0) is 11.4. The number of halogens is 1. The van der Waals surface area contributed by atoms with Gasteiger partial charge in [-0.1, -0.05) is 31.4 Å². The Labute approximate surface area is 103 Å². The van der Waals surface area contributed by atoms with Crippen molar-refractivity contribution in [1.29, 1.82) is 0 Å². The van der Waals surface area contributed by atoms with Gasteiger partial charge < -0.3 is 0 Å². The molecule has 1 aromatic heterocycles. The molecule has 0 N–H and O–H groups in total. The van der Waals surface area contributed by atoms with Crippen molar-refractivity contribution < 1.29 is 0 Å². The Kier molecular flexibility index (Phi) is 4.19. The summed E-state index contributed by atoms with van der Waals surface area (Å²) in [6, 6.07) is 4.81. The topological polar surface area (TPSA) is 16.1 Å². The Morgan fingerprint density at radius 3 is 2.81 bits per heavy atom. The van der Waals surface area contributed by atoms with Crippen LogP contribution in [0.1, 0.15) is 38.2 Å². The van der Waals surface area contributed by atoms with Crippen LogP contribution in [-0.2, 0) is 6.54 Å². The molecule has 0 bridgehead atoms. The third kappa shape index (κ3) is 2.96. The smallest absolute Gasteiger partial charge is 0.129 e. The van der Waals surface area contributed by atoms with Crippen molar-refractivity contribution in [2.45, 2.75) is 45.2 Å². The van der Waals surface area contributed by atoms with E-state index in [1.807, 2.05) is 6.07 Å². The third-order valence-corrected chi connectivity index (χ3v) is 3.63. The maximum absolute atomic E-state index is 5.90. The minimum Gasteiger partial charge on any atom is -0.296 e. The van der Waals surface area contributed by atoms with Gasteiger partial charge in [-0.05, 0) is 37.1 Å². The van der Waals surface area contributed by atoms with Gasteiger partial charge in [0, 0.05) is 18.8 Å². The van der Waals surface area contributed by atoms with Crippen LogP contribution in [0.15, 0.2) is 18.3 Å². The van der Waals surface area contributed by atoms with E-state index >= 15 is 0 Å². The molecule has 0 amide bonds. The predicted octanol–water partition coefficient (Wildman–Crippen LogP) is 3.50. The van der Waals surface area contributed by atoms with Gasteiger partial charge >= 0.3 is 0 Å². The molecular weight excluding hydrogens is 220 g/mol. The minimum atomic E-state index is 0.597. The van der Waals surface area contributed by atoms with Crippen LogP contribution in [0.3, 0.4) is 0 Å². The lowest BCUT2D eigenvalue weighted by Gasteiger charge is -2.27. The predicted molar refractivity (Wildman–Crippen MR) is 67.6 cm³/mol. The van der Waals surface area contributed by atoms with Crippen molar-refractivity contribution in [3.8, 4) is 0 Å². The maximum atomic E-state index is 5.90. The standard InChI is InChI=1S/C13H19ClN2/c1-2-16(12-5-3-4-6-12)10-11-7-8-15-13(14)9-11/h7-9,12H,2-6,10H2,1H3. The van der Waals surface area contributed by atoms with Crippen LogP contribution in [0.2, 0.25) is 5.15 Å². The van der Waals surface area contributed by atoms with E-state index in [1.54, 1.807) is 6.20 Å². The average Bonchev–Trinajstić information content (AvgIpc) is 2.79. The molecule has 0 radical (unpaired) electrons. The summed E-state index contributed by atoms with van der Waals surface area (Å²) in [7, 11) is 0. The Bertz CT molecular complexity index is 334. The largest absolute Gasteiger partial charge is 0.296 e. The number of hydrogen-bond acceptors (Lipinski definition) is 2. The van der Waals surface area contributed by atoms with Crippen LogP contribution in [0.5, 0.6) is 0 Å². The second-order valence-corrected chi connectivity index (χ2v) is 4.88. The van der Waals surface area contributed by atoms with E-state index in [9.17, 15) is 0 Å². The monoisotopic (exact) mass is 238 g/mol. The lowest BCUT2D eigenvalue weighted by Crippen LogP contribution is -2.32. The van der Waals surface area contributed by atoms with E-state index < -0.39 is 0 Å². The summed E-state index contributed by atoms with van der Waals surface area (Å²) in [4.78, 5) is 6.57. The number of aromatic nitrogens is 1. The molecular formula is C13H19ClN2. The van der Waals surface area contributed by atoms with Crippen molar-refractivity contribution >= 4 is 11.6 Å². The normalized spacial score (nSPS) is 17.2. The Hall–Kier alpha value is -0.600. The van der Waals surface area contributed by atoms with E-state index in [4.69, 9.17) is 11.6 Å². The van der Waals surface area contributed by atoms with Gasteiger partial charge in [0.05, 0.1) is 0 Å². The second-order valence-electron chi connectivity index (χ2n) is 4.49. The zero-order valence-corrected chi connectivity index (χ0v) is 10.6. The van der Waals surface area contributed by atoms with Crippen LogP contribution < -0.4 is 0 Å². The average molecular weight is 239 g/mol. The van der Waals surface area contributed by atoms with Crippen molar-refractivity contribution in [1.82, 2.24) is 9.88 Å². The summed E-state index contributed by atoms with van der Waals surface area (Å²) >= 11 is 5.90. The van der Waals surface area contributed by atoms with E-state index in [1.165, 1.54) is 31.2 Å². The lowest BCUT2D eigenvalue weighted by atomic mass is 10.1. The van der Waals surface area contributed by atoms with E-state index in [-0.39, 0.29) is 0 Å². The number of nitrogens with zero attached hydrogens (tertiary/aromatic N) is 2. The second kappa shape index (κ2) is 5.65. The summed E-state index contributed by atoms with van der Waals surface area (Å²) in [5, 5.41) is 0.597. The Balaban J connectivity index is 2.00. The molecule has 1 aliphatic carbocycles. The third-order valence-electron chi connectivity index (χ3n) is 3.42. The first-order valence-corrected chi connectivity index (χ1v) is 6.52. The number of rotatable bonds is 4. The quantitative estimate of drug-likeness (QED) is 0.747. The molecule has 0 atom stereocenters. The van der Waals surface area contributed by atoms with Gasteiger partial charge in [0.15, 0.2) is 0 Å². The Morgan fingerprint density at radius 2 is 2.19 bits per heavy atom. The molecule has 16 heavy (non-hydrogen) atoms. The van der Waals surface area contributed by atoms with Gasteiger partial charge in [0.25, 0.3) is 0 Å². The van der Waals surface area contributed by atoms with Crippen LogP contribution in [-0.4, -0.2) is 22.5 Å². The van der Waals surface area contributed by atoms with Gasteiger partial charge in [0.2, 0.25) is 0 Å². The summed E-state index contributed by atoms with van der Waals surface area (Å²) < 4.78 is 0. The molecule has 0 saturated heterocycles. The van der Waals surface area contributed by atoms with Crippen molar-refractivity contribution in [2.24, 2.45) is 0 Å². The highest BCUT2D eigenvalue weighted by atomic mass is 35.5. The van der Waals surface area contributed by atoms with Gasteiger partial charge in [-0.3, -0.25) is 4.90 Å². The molecule has 2 nitrogen and oxygen atoms in total. The van der Waals surface area contributed by atoms with Gasteiger partial charge in [-0.2, -0.15) is 0 Å². The molecule has 1 fully saturated rings. The van der Waals surface area contributed by atoms with Gasteiger partial charge in [-0.15, -0.1) is 0 Å². The first-order valence-electron chi connectivity index (χ1n) is 6.14. The molecule has 88 valence electrons. The molecule has 0 aliphatic heterocycles. The summed E-state index contributed by atoms with van der Waals surface area (Å²) in [6.45, 7) is 4.36. The number of hydrogen-bond donors (Lipinski definition) is 0. The molecule has 1 saturated carbocycles. The number of pyridine rings is 1. The van der Waals surface area contributed by atoms with Gasteiger partial charge in [0.1, 0.15) is 5.15 Å². The molecule has 0 unspecified atom stereocenters. The summed E-state index contributed by atoms with van der Waals surface area (Å²) in [6.07, 6.45) is 7.27. The molecule has 1 heterocycles. The summed E-state index contributed by atoms with van der Waals surface area (Å²) in [5.41, 5.74) is 1.27. The van der Waals surface area contributed by atoms with E-state index in [0.29, 0.717) is 5.15 Å². The van der Waals surface area contributed by atoms with Crippen molar-refractivity contribution in [2.75, 3.05) is 6.54 Å². The SMILES string of the molecule is CCN(Cc1ccnc(Cl)c1)C1CCCC1. The molecule has 0 spiro atoms. The Morgan fingerprint density at radius 1 is 1.44 bits per heavy atom. The first-order chi connectivity index (χ1) is 7.79. The molecule has 1 aromatic rings. The highest BCUT2D eigenvalue weighted by Crippen LogP contribution is 2.24. The highest BCUT2D eigenvalue weighted by molar-refractivity contribution is 6.29. The molecule has 3 heteroatoms.